The number of aromatic amines is 1. The minimum Gasteiger partial charge on any atom is -0.454 e. The number of carbonyl (C=O) groups excluding carboxylic acids is 2. The van der Waals surface area contributed by atoms with Crippen molar-refractivity contribution in [3.63, 3.8) is 0 Å². The van der Waals surface area contributed by atoms with Gasteiger partial charge in [0, 0.05) is 17.3 Å². The number of benzene rings is 3. The maximum atomic E-state index is 12.7. The lowest BCUT2D eigenvalue weighted by atomic mass is 10.1. The molecular weight excluding hydrogens is 398 g/mol. The van der Waals surface area contributed by atoms with Crippen LogP contribution in [0.4, 0.5) is 5.69 Å². The molecule has 4 aromatic rings. The molecule has 0 saturated carbocycles. The van der Waals surface area contributed by atoms with Gasteiger partial charge in [0.25, 0.3) is 5.91 Å². The van der Waals surface area contributed by atoms with Crippen molar-refractivity contribution in [2.75, 3.05) is 18.7 Å². The smallest absolute Gasteiger partial charge is 0.339 e. The summed E-state index contributed by atoms with van der Waals surface area (Å²) in [6.07, 6.45) is 0. The van der Waals surface area contributed by atoms with E-state index < -0.39 is 18.5 Å². The van der Waals surface area contributed by atoms with E-state index in [0.29, 0.717) is 34.1 Å². The number of para-hydroxylation sites is 2. The average molecular weight is 415 g/mol. The number of nitrogens with zero attached hydrogens (tertiary/aromatic N) is 1. The lowest BCUT2D eigenvalue weighted by Gasteiger charge is -2.09. The normalized spacial score (nSPS) is 12.0. The molecule has 0 spiro atoms. The second kappa shape index (κ2) is 7.83. The fourth-order valence-electron chi connectivity index (χ4n) is 3.33. The monoisotopic (exact) mass is 415 g/mol. The van der Waals surface area contributed by atoms with Crippen molar-refractivity contribution in [1.29, 1.82) is 0 Å². The molecule has 1 aliphatic heterocycles. The van der Waals surface area contributed by atoms with Gasteiger partial charge in [-0.15, -0.1) is 0 Å². The molecular formula is C23H17N3O5. The fraction of sp³-hybridized carbons (Fsp3) is 0.0870. The lowest BCUT2D eigenvalue weighted by molar-refractivity contribution is -0.119. The summed E-state index contributed by atoms with van der Waals surface area (Å²) in [6, 6.07) is 19.6. The second-order valence-corrected chi connectivity index (χ2v) is 6.84. The van der Waals surface area contributed by atoms with Crippen LogP contribution in [0.1, 0.15) is 10.4 Å². The van der Waals surface area contributed by atoms with Crippen LogP contribution in [0.25, 0.3) is 22.4 Å². The minimum atomic E-state index is -0.614. The lowest BCUT2D eigenvalue weighted by Crippen LogP contribution is -2.21. The van der Waals surface area contributed by atoms with Crippen molar-refractivity contribution in [3.8, 4) is 22.9 Å². The molecule has 31 heavy (non-hydrogen) atoms. The maximum absolute atomic E-state index is 12.7. The van der Waals surface area contributed by atoms with Gasteiger partial charge in [-0.2, -0.15) is 0 Å². The van der Waals surface area contributed by atoms with E-state index >= 15 is 0 Å². The third-order valence-corrected chi connectivity index (χ3v) is 4.78. The first-order valence-electron chi connectivity index (χ1n) is 9.58. The van der Waals surface area contributed by atoms with Crippen LogP contribution >= 0.6 is 0 Å². The van der Waals surface area contributed by atoms with Crippen LogP contribution in [0.3, 0.4) is 0 Å². The van der Waals surface area contributed by atoms with E-state index in [2.05, 4.69) is 15.3 Å². The average Bonchev–Trinajstić information content (AvgIpc) is 3.44. The van der Waals surface area contributed by atoms with Gasteiger partial charge >= 0.3 is 5.97 Å². The number of aromatic nitrogens is 2. The largest absolute Gasteiger partial charge is 0.454 e. The van der Waals surface area contributed by atoms with Gasteiger partial charge in [0.05, 0.1) is 16.6 Å². The van der Waals surface area contributed by atoms with Crippen molar-refractivity contribution >= 4 is 28.6 Å². The minimum absolute atomic E-state index is 0.148. The van der Waals surface area contributed by atoms with E-state index in [9.17, 15) is 9.59 Å². The Labute approximate surface area is 176 Å². The molecule has 0 fully saturated rings. The summed E-state index contributed by atoms with van der Waals surface area (Å²) < 4.78 is 15.8. The first kappa shape index (κ1) is 18.7. The molecule has 154 valence electrons. The number of carbonyl (C=O) groups is 2. The second-order valence-electron chi connectivity index (χ2n) is 6.84. The zero-order valence-corrected chi connectivity index (χ0v) is 16.3. The number of anilines is 1. The van der Waals surface area contributed by atoms with Gasteiger partial charge < -0.3 is 24.5 Å². The summed E-state index contributed by atoms with van der Waals surface area (Å²) >= 11 is 0. The highest BCUT2D eigenvalue weighted by Gasteiger charge is 2.18. The van der Waals surface area contributed by atoms with E-state index in [-0.39, 0.29) is 6.79 Å². The van der Waals surface area contributed by atoms with Gasteiger partial charge in [-0.1, -0.05) is 30.3 Å². The van der Waals surface area contributed by atoms with E-state index in [1.54, 1.807) is 36.4 Å². The molecule has 0 atom stereocenters. The van der Waals surface area contributed by atoms with E-state index in [0.717, 1.165) is 11.0 Å². The Morgan fingerprint density at radius 1 is 1.00 bits per heavy atom. The molecule has 0 radical (unpaired) electrons. The Balaban J connectivity index is 1.28. The molecule has 0 unspecified atom stereocenters. The van der Waals surface area contributed by atoms with E-state index in [4.69, 9.17) is 14.2 Å². The van der Waals surface area contributed by atoms with E-state index in [1.807, 2.05) is 30.3 Å². The number of esters is 1. The molecule has 5 rings (SSSR count). The van der Waals surface area contributed by atoms with Gasteiger partial charge in [-0.05, 0) is 30.3 Å². The number of fused-ring (bicyclic) bond motifs is 2. The highest BCUT2D eigenvalue weighted by Crippen LogP contribution is 2.34. The highest BCUT2D eigenvalue weighted by molar-refractivity contribution is 5.99. The number of hydrogen-bond acceptors (Lipinski definition) is 6. The molecule has 3 aromatic carbocycles. The van der Waals surface area contributed by atoms with Crippen molar-refractivity contribution in [3.05, 3.63) is 72.3 Å². The zero-order chi connectivity index (χ0) is 21.2. The summed E-state index contributed by atoms with van der Waals surface area (Å²) in [5, 5.41) is 2.67. The van der Waals surface area contributed by atoms with Gasteiger partial charge in [0.2, 0.25) is 6.79 Å². The third kappa shape index (κ3) is 3.78. The summed E-state index contributed by atoms with van der Waals surface area (Å²) in [5.41, 5.74) is 3.10. The van der Waals surface area contributed by atoms with E-state index in [1.165, 1.54) is 0 Å². The quantitative estimate of drug-likeness (QED) is 0.481. The topological polar surface area (TPSA) is 103 Å². The Morgan fingerprint density at radius 2 is 1.81 bits per heavy atom. The number of imidazole rings is 1. The molecule has 8 nitrogen and oxygen atoms in total. The molecule has 0 aliphatic carbocycles. The highest BCUT2D eigenvalue weighted by atomic mass is 16.7. The molecule has 2 heterocycles. The van der Waals surface area contributed by atoms with Crippen LogP contribution in [0.5, 0.6) is 11.5 Å². The standard InChI is InChI=1S/C23H17N3O5/c27-21(24-14-9-10-19-20(11-14)31-13-30-19)12-29-23(28)16-6-2-1-5-15(16)22-25-17-7-3-4-8-18(17)26-22/h1-11H,12-13H2,(H,24,27)(H,25,26). The van der Waals surface area contributed by atoms with Crippen LogP contribution in [0.15, 0.2) is 66.7 Å². The molecule has 0 bridgehead atoms. The van der Waals surface area contributed by atoms with Gasteiger partial charge in [0.1, 0.15) is 5.82 Å². The molecule has 1 aromatic heterocycles. The summed E-state index contributed by atoms with van der Waals surface area (Å²) in [4.78, 5) is 32.7. The molecule has 1 amide bonds. The SMILES string of the molecule is O=C(COC(=O)c1ccccc1-c1nc2ccccc2[nH]1)Nc1ccc2c(c1)OCO2. The molecule has 8 heteroatoms. The van der Waals surface area contributed by atoms with Crippen LogP contribution in [0, 0.1) is 0 Å². The third-order valence-electron chi connectivity index (χ3n) is 4.78. The Hall–Kier alpha value is -4.33. The van der Waals surface area contributed by atoms with Crippen molar-refractivity contribution in [1.82, 2.24) is 9.97 Å². The summed E-state index contributed by atoms with van der Waals surface area (Å²) in [7, 11) is 0. The fourth-order valence-corrected chi connectivity index (χ4v) is 3.33. The maximum Gasteiger partial charge on any atom is 0.339 e. The first-order chi connectivity index (χ1) is 15.2. The van der Waals surface area contributed by atoms with Crippen LogP contribution in [-0.4, -0.2) is 35.2 Å². The Kier molecular flexibility index (Phi) is 4.72. The van der Waals surface area contributed by atoms with Crippen LogP contribution in [-0.2, 0) is 9.53 Å². The zero-order valence-electron chi connectivity index (χ0n) is 16.3. The predicted molar refractivity (Wildman–Crippen MR) is 113 cm³/mol. The van der Waals surface area contributed by atoms with Gasteiger partial charge in [-0.3, -0.25) is 4.79 Å². The summed E-state index contributed by atoms with van der Waals surface area (Å²) in [5.74, 6) is 0.644. The van der Waals surface area contributed by atoms with Crippen molar-refractivity contribution in [2.45, 2.75) is 0 Å². The molecule has 2 N–H and O–H groups in total. The van der Waals surface area contributed by atoms with Crippen molar-refractivity contribution < 1.29 is 23.8 Å². The number of amides is 1. The number of nitrogens with one attached hydrogen (secondary N) is 2. The predicted octanol–water partition coefficient (Wildman–Crippen LogP) is 3.75. The number of rotatable bonds is 5. The number of ether oxygens (including phenoxy) is 3. The number of H-pyrrole nitrogens is 1. The summed E-state index contributed by atoms with van der Waals surface area (Å²) in [6.45, 7) is -0.281. The first-order valence-corrected chi connectivity index (χ1v) is 9.58. The van der Waals surface area contributed by atoms with Crippen LogP contribution < -0.4 is 14.8 Å². The Bertz CT molecular complexity index is 1260. The van der Waals surface area contributed by atoms with Crippen molar-refractivity contribution in [2.24, 2.45) is 0 Å². The van der Waals surface area contributed by atoms with Crippen LogP contribution in [0.2, 0.25) is 0 Å². The van der Waals surface area contributed by atoms with Gasteiger partial charge in [0.15, 0.2) is 18.1 Å². The molecule has 0 saturated heterocycles. The van der Waals surface area contributed by atoms with Gasteiger partial charge in [-0.25, -0.2) is 9.78 Å². The Morgan fingerprint density at radius 3 is 2.71 bits per heavy atom. The number of hydrogen-bond donors (Lipinski definition) is 2. The molecule has 1 aliphatic rings.